The second-order valence-corrected chi connectivity index (χ2v) is 5.67. The van der Waals surface area contributed by atoms with E-state index < -0.39 is 5.82 Å². The van der Waals surface area contributed by atoms with Gasteiger partial charge in [-0.1, -0.05) is 43.4 Å². The highest BCUT2D eigenvalue weighted by Gasteiger charge is 2.14. The molecule has 0 atom stereocenters. The number of nitrogens with one attached hydrogen (secondary N) is 2. The predicted molar refractivity (Wildman–Crippen MR) is 78.3 cm³/mol. The van der Waals surface area contributed by atoms with E-state index in [2.05, 4.69) is 10.6 Å². The van der Waals surface area contributed by atoms with E-state index in [0.717, 1.165) is 18.4 Å². The van der Waals surface area contributed by atoms with Gasteiger partial charge < -0.3 is 10.6 Å². The highest BCUT2D eigenvalue weighted by Crippen LogP contribution is 2.17. The summed E-state index contributed by atoms with van der Waals surface area (Å²) in [6.07, 6.45) is 6.98. The molecule has 2 N–H and O–H groups in total. The fourth-order valence-electron chi connectivity index (χ4n) is 2.49. The van der Waals surface area contributed by atoms with Gasteiger partial charge in [-0.2, -0.15) is 0 Å². The van der Waals surface area contributed by atoms with Gasteiger partial charge in [0.25, 0.3) is 0 Å². The van der Waals surface area contributed by atoms with E-state index >= 15 is 0 Å². The first-order valence-corrected chi connectivity index (χ1v) is 7.51. The van der Waals surface area contributed by atoms with Gasteiger partial charge in [0.15, 0.2) is 0 Å². The van der Waals surface area contributed by atoms with Crippen LogP contribution in [0.25, 0.3) is 0 Å². The predicted octanol–water partition coefficient (Wildman–Crippen LogP) is 4.00. The maximum atomic E-state index is 13.0. The number of hydrogen-bond donors (Lipinski definition) is 2. The Kier molecular flexibility index (Phi) is 5.65. The largest absolute Gasteiger partial charge is 0.335 e. The monoisotopic (exact) mass is 298 g/mol. The zero-order valence-corrected chi connectivity index (χ0v) is 12.2. The van der Waals surface area contributed by atoms with E-state index in [1.165, 1.54) is 37.8 Å². The van der Waals surface area contributed by atoms with Crippen molar-refractivity contribution in [2.45, 2.75) is 51.1 Å². The van der Waals surface area contributed by atoms with Gasteiger partial charge in [-0.05, 0) is 30.5 Å². The van der Waals surface area contributed by atoms with Crippen LogP contribution in [0.15, 0.2) is 18.2 Å². The second kappa shape index (κ2) is 7.48. The van der Waals surface area contributed by atoms with Crippen LogP contribution < -0.4 is 10.6 Å². The second-order valence-electron chi connectivity index (χ2n) is 5.26. The van der Waals surface area contributed by atoms with E-state index in [-0.39, 0.29) is 17.1 Å². The standard InChI is InChI=1S/C15H20ClFN2O/c16-13-9-11(7-8-14(13)17)10-18-15(20)19-12-5-3-1-2-4-6-12/h7-9,12H,1-6,10H2,(H2,18,19,20). The molecule has 1 aromatic rings. The van der Waals surface area contributed by atoms with Crippen LogP contribution in [0, 0.1) is 5.82 Å². The van der Waals surface area contributed by atoms with Gasteiger partial charge in [0.1, 0.15) is 5.82 Å². The summed E-state index contributed by atoms with van der Waals surface area (Å²) in [6.45, 7) is 0.346. The first kappa shape index (κ1) is 15.1. The van der Waals surface area contributed by atoms with Crippen LogP contribution in [0.2, 0.25) is 5.02 Å². The molecule has 0 radical (unpaired) electrons. The molecule has 0 aromatic heterocycles. The molecule has 0 unspecified atom stereocenters. The lowest BCUT2D eigenvalue weighted by Gasteiger charge is -2.16. The first-order valence-electron chi connectivity index (χ1n) is 7.13. The Labute approximate surface area is 123 Å². The Hall–Kier alpha value is -1.29. The number of urea groups is 1. The average Bonchev–Trinajstić information content (AvgIpc) is 2.69. The number of rotatable bonds is 3. The molecule has 0 saturated heterocycles. The Morgan fingerprint density at radius 1 is 1.25 bits per heavy atom. The van der Waals surface area contributed by atoms with Crippen molar-refractivity contribution in [3.05, 3.63) is 34.6 Å². The minimum Gasteiger partial charge on any atom is -0.335 e. The minimum atomic E-state index is -0.446. The Morgan fingerprint density at radius 3 is 2.60 bits per heavy atom. The summed E-state index contributed by atoms with van der Waals surface area (Å²) < 4.78 is 13.0. The maximum absolute atomic E-state index is 13.0. The summed E-state index contributed by atoms with van der Waals surface area (Å²) in [5.74, 6) is -0.446. The highest BCUT2D eigenvalue weighted by molar-refractivity contribution is 6.30. The molecule has 0 aliphatic heterocycles. The normalized spacial score (nSPS) is 16.5. The minimum absolute atomic E-state index is 0.0773. The van der Waals surface area contributed by atoms with Crippen molar-refractivity contribution >= 4 is 17.6 Å². The lowest BCUT2D eigenvalue weighted by atomic mass is 10.1. The molecule has 20 heavy (non-hydrogen) atoms. The van der Waals surface area contributed by atoms with E-state index in [4.69, 9.17) is 11.6 Å². The van der Waals surface area contributed by atoms with E-state index in [1.54, 1.807) is 6.07 Å². The van der Waals surface area contributed by atoms with Gasteiger partial charge in [0, 0.05) is 12.6 Å². The van der Waals surface area contributed by atoms with Gasteiger partial charge in [-0.15, -0.1) is 0 Å². The van der Waals surface area contributed by atoms with Crippen LogP contribution in [0.3, 0.4) is 0 Å². The van der Waals surface area contributed by atoms with Gasteiger partial charge in [-0.3, -0.25) is 0 Å². The van der Waals surface area contributed by atoms with Crippen LogP contribution in [-0.2, 0) is 6.54 Å². The Balaban J connectivity index is 1.77. The van der Waals surface area contributed by atoms with Crippen LogP contribution >= 0.6 is 11.6 Å². The molecule has 3 nitrogen and oxygen atoms in total. The Bertz CT molecular complexity index is 459. The molecule has 1 aliphatic rings. The molecule has 1 saturated carbocycles. The van der Waals surface area contributed by atoms with E-state index in [0.29, 0.717) is 6.54 Å². The topological polar surface area (TPSA) is 41.1 Å². The number of hydrogen-bond acceptors (Lipinski definition) is 1. The molecule has 0 heterocycles. The molecular weight excluding hydrogens is 279 g/mol. The summed E-state index contributed by atoms with van der Waals surface area (Å²) in [6, 6.07) is 4.56. The van der Waals surface area contributed by atoms with Crippen LogP contribution in [0.1, 0.15) is 44.1 Å². The van der Waals surface area contributed by atoms with E-state index in [1.807, 2.05) is 0 Å². The zero-order chi connectivity index (χ0) is 14.4. The molecule has 2 amide bonds. The van der Waals surface area contributed by atoms with Crippen molar-refractivity contribution in [1.29, 1.82) is 0 Å². The van der Waals surface area contributed by atoms with Crippen molar-refractivity contribution in [2.75, 3.05) is 0 Å². The van der Waals surface area contributed by atoms with Gasteiger partial charge in [-0.25, -0.2) is 9.18 Å². The summed E-state index contributed by atoms with van der Waals surface area (Å²) in [5, 5.41) is 5.86. The van der Waals surface area contributed by atoms with Crippen LogP contribution in [-0.4, -0.2) is 12.1 Å². The third-order valence-corrected chi connectivity index (χ3v) is 3.92. The smallest absolute Gasteiger partial charge is 0.315 e. The summed E-state index contributed by atoms with van der Waals surface area (Å²) in [7, 11) is 0. The number of carbonyl (C=O) groups is 1. The van der Waals surface area contributed by atoms with Crippen LogP contribution in [0.5, 0.6) is 0 Å². The number of halogens is 2. The SMILES string of the molecule is O=C(NCc1ccc(F)c(Cl)c1)NC1CCCCCC1. The lowest BCUT2D eigenvalue weighted by molar-refractivity contribution is 0.235. The highest BCUT2D eigenvalue weighted by atomic mass is 35.5. The quantitative estimate of drug-likeness (QED) is 0.814. The lowest BCUT2D eigenvalue weighted by Crippen LogP contribution is -2.41. The van der Waals surface area contributed by atoms with Crippen molar-refractivity contribution in [1.82, 2.24) is 10.6 Å². The van der Waals surface area contributed by atoms with E-state index in [9.17, 15) is 9.18 Å². The zero-order valence-electron chi connectivity index (χ0n) is 11.4. The fraction of sp³-hybridized carbons (Fsp3) is 0.533. The molecule has 110 valence electrons. The van der Waals surface area contributed by atoms with Crippen molar-refractivity contribution in [3.8, 4) is 0 Å². The molecular formula is C15H20ClFN2O. The van der Waals surface area contributed by atoms with Crippen molar-refractivity contribution < 1.29 is 9.18 Å². The fourth-order valence-corrected chi connectivity index (χ4v) is 2.70. The number of carbonyl (C=O) groups excluding carboxylic acids is 1. The van der Waals surface area contributed by atoms with Gasteiger partial charge in [0.2, 0.25) is 0 Å². The van der Waals surface area contributed by atoms with Crippen molar-refractivity contribution in [3.63, 3.8) is 0 Å². The third-order valence-electron chi connectivity index (χ3n) is 3.63. The van der Waals surface area contributed by atoms with Gasteiger partial charge in [0.05, 0.1) is 5.02 Å². The molecule has 2 rings (SSSR count). The molecule has 0 spiro atoms. The summed E-state index contributed by atoms with van der Waals surface area (Å²) in [4.78, 5) is 11.8. The third kappa shape index (κ3) is 4.67. The number of benzene rings is 1. The van der Waals surface area contributed by atoms with Crippen LogP contribution in [0.4, 0.5) is 9.18 Å². The average molecular weight is 299 g/mol. The molecule has 0 bridgehead atoms. The summed E-state index contributed by atoms with van der Waals surface area (Å²) in [5.41, 5.74) is 0.785. The molecule has 1 aliphatic carbocycles. The molecule has 5 heteroatoms. The Morgan fingerprint density at radius 2 is 1.95 bits per heavy atom. The first-order chi connectivity index (χ1) is 9.65. The molecule has 1 aromatic carbocycles. The maximum Gasteiger partial charge on any atom is 0.315 e. The van der Waals surface area contributed by atoms with Gasteiger partial charge >= 0.3 is 6.03 Å². The number of amides is 2. The van der Waals surface area contributed by atoms with Crippen molar-refractivity contribution in [2.24, 2.45) is 0 Å². The molecule has 1 fully saturated rings. The summed E-state index contributed by atoms with van der Waals surface area (Å²) >= 11 is 5.70.